The minimum atomic E-state index is 0.118. The zero-order chi connectivity index (χ0) is 13.0. The first-order valence-corrected chi connectivity index (χ1v) is 5.89. The Morgan fingerprint density at radius 1 is 1.22 bits per heavy atom. The van der Waals surface area contributed by atoms with Crippen molar-refractivity contribution in [2.24, 2.45) is 0 Å². The maximum absolute atomic E-state index is 9.15. The molecule has 1 atom stereocenters. The van der Waals surface area contributed by atoms with Crippen LogP contribution in [0.1, 0.15) is 29.7 Å². The molecule has 0 aliphatic rings. The molecule has 90 valence electrons. The molecule has 1 aromatic carbocycles. The fourth-order valence-electron chi connectivity index (χ4n) is 1.84. The Morgan fingerprint density at radius 2 is 1.94 bits per heavy atom. The molecule has 0 aliphatic carbocycles. The highest BCUT2D eigenvalue weighted by molar-refractivity contribution is 5.56. The van der Waals surface area contributed by atoms with Gasteiger partial charge in [-0.25, -0.2) is 4.98 Å². The van der Waals surface area contributed by atoms with E-state index >= 15 is 0 Å². The molecule has 2 aromatic rings. The van der Waals surface area contributed by atoms with E-state index in [1.54, 1.807) is 6.20 Å². The number of hydrogen-bond donors (Lipinski definition) is 1. The largest absolute Gasteiger partial charge is 0.362 e. The third-order valence-electron chi connectivity index (χ3n) is 2.92. The minimum absolute atomic E-state index is 0.118. The van der Waals surface area contributed by atoms with Gasteiger partial charge in [-0.05, 0) is 31.0 Å². The molecule has 3 heteroatoms. The van der Waals surface area contributed by atoms with Crippen molar-refractivity contribution in [3.8, 4) is 6.07 Å². The lowest BCUT2D eigenvalue weighted by Gasteiger charge is -2.16. The zero-order valence-electron chi connectivity index (χ0n) is 10.5. The molecule has 0 fully saturated rings. The predicted molar refractivity (Wildman–Crippen MR) is 72.2 cm³/mol. The van der Waals surface area contributed by atoms with Gasteiger partial charge in [0.1, 0.15) is 11.9 Å². The van der Waals surface area contributed by atoms with Crippen molar-refractivity contribution >= 4 is 5.82 Å². The van der Waals surface area contributed by atoms with E-state index in [9.17, 15) is 0 Å². The number of nitriles is 1. The van der Waals surface area contributed by atoms with Crippen LogP contribution in [0.2, 0.25) is 0 Å². The maximum atomic E-state index is 9.15. The van der Waals surface area contributed by atoms with Gasteiger partial charge in [-0.1, -0.05) is 30.3 Å². The summed E-state index contributed by atoms with van der Waals surface area (Å²) in [5.41, 5.74) is 2.72. The Morgan fingerprint density at radius 3 is 2.61 bits per heavy atom. The third-order valence-corrected chi connectivity index (χ3v) is 2.92. The van der Waals surface area contributed by atoms with Gasteiger partial charge in [0.25, 0.3) is 0 Å². The Hall–Kier alpha value is -2.34. The minimum Gasteiger partial charge on any atom is -0.362 e. The quantitative estimate of drug-likeness (QED) is 0.889. The number of nitrogens with zero attached hydrogens (tertiary/aromatic N) is 2. The fraction of sp³-hybridized carbons (Fsp3) is 0.200. The molecule has 1 unspecified atom stereocenters. The molecular formula is C15H15N3. The van der Waals surface area contributed by atoms with E-state index in [4.69, 9.17) is 5.26 Å². The van der Waals surface area contributed by atoms with Gasteiger partial charge in [-0.3, -0.25) is 0 Å². The first-order valence-electron chi connectivity index (χ1n) is 5.89. The lowest BCUT2D eigenvalue weighted by molar-refractivity contribution is 0.872. The topological polar surface area (TPSA) is 48.7 Å². The molecule has 0 bridgehead atoms. The van der Waals surface area contributed by atoms with Gasteiger partial charge >= 0.3 is 0 Å². The monoisotopic (exact) mass is 237 g/mol. The van der Waals surface area contributed by atoms with E-state index in [0.717, 1.165) is 5.56 Å². The van der Waals surface area contributed by atoms with Crippen LogP contribution >= 0.6 is 0 Å². The summed E-state index contributed by atoms with van der Waals surface area (Å²) >= 11 is 0. The Labute approximate surface area is 107 Å². The molecule has 1 aromatic heterocycles. The normalized spacial score (nSPS) is 11.6. The molecule has 2 rings (SSSR count). The molecule has 0 spiro atoms. The van der Waals surface area contributed by atoms with Crippen molar-refractivity contribution in [3.63, 3.8) is 0 Å². The van der Waals surface area contributed by atoms with E-state index < -0.39 is 0 Å². The molecule has 0 saturated heterocycles. The number of pyridine rings is 1. The molecule has 0 radical (unpaired) electrons. The number of benzene rings is 1. The van der Waals surface area contributed by atoms with Gasteiger partial charge in [-0.15, -0.1) is 0 Å². The van der Waals surface area contributed by atoms with Gasteiger partial charge < -0.3 is 5.32 Å². The van der Waals surface area contributed by atoms with Crippen molar-refractivity contribution < 1.29 is 0 Å². The number of anilines is 1. The molecule has 0 aliphatic heterocycles. The number of aromatic nitrogens is 1. The highest BCUT2D eigenvalue weighted by Crippen LogP contribution is 2.21. The fourth-order valence-corrected chi connectivity index (χ4v) is 1.84. The van der Waals surface area contributed by atoms with E-state index in [1.807, 2.05) is 31.2 Å². The van der Waals surface area contributed by atoms with E-state index in [-0.39, 0.29) is 6.04 Å². The summed E-state index contributed by atoms with van der Waals surface area (Å²) in [6.07, 6.45) is 1.72. The summed E-state index contributed by atoms with van der Waals surface area (Å²) in [6.45, 7) is 3.97. The van der Waals surface area contributed by atoms with Crippen LogP contribution in [0.3, 0.4) is 0 Å². The Balaban J connectivity index is 2.25. The first kappa shape index (κ1) is 12.1. The van der Waals surface area contributed by atoms with Crippen LogP contribution in [0.25, 0.3) is 0 Å². The van der Waals surface area contributed by atoms with Gasteiger partial charge in [-0.2, -0.15) is 5.26 Å². The number of nitrogens with one attached hydrogen (secondary N) is 1. The summed E-state index contributed by atoms with van der Waals surface area (Å²) in [4.78, 5) is 4.24. The van der Waals surface area contributed by atoms with E-state index in [0.29, 0.717) is 11.4 Å². The van der Waals surface area contributed by atoms with Crippen LogP contribution in [0, 0.1) is 18.3 Å². The van der Waals surface area contributed by atoms with E-state index in [1.165, 1.54) is 5.56 Å². The van der Waals surface area contributed by atoms with Crippen LogP contribution in [-0.2, 0) is 0 Å². The lowest BCUT2D eigenvalue weighted by Crippen LogP contribution is -2.09. The molecule has 0 saturated carbocycles. The predicted octanol–water partition coefficient (Wildman–Crippen LogP) is 3.43. The van der Waals surface area contributed by atoms with E-state index in [2.05, 4.69) is 35.4 Å². The zero-order valence-corrected chi connectivity index (χ0v) is 10.5. The second-order valence-electron chi connectivity index (χ2n) is 4.24. The van der Waals surface area contributed by atoms with Crippen LogP contribution < -0.4 is 5.32 Å². The average Bonchev–Trinajstić information content (AvgIpc) is 2.40. The van der Waals surface area contributed by atoms with Gasteiger partial charge in [0.05, 0.1) is 5.56 Å². The summed E-state index contributed by atoms with van der Waals surface area (Å²) in [6, 6.07) is 14.3. The maximum Gasteiger partial charge on any atom is 0.144 e. The van der Waals surface area contributed by atoms with Crippen molar-refractivity contribution in [2.75, 3.05) is 5.32 Å². The van der Waals surface area contributed by atoms with Gasteiger partial charge in [0.15, 0.2) is 0 Å². The highest BCUT2D eigenvalue weighted by atomic mass is 15.0. The van der Waals surface area contributed by atoms with Crippen molar-refractivity contribution in [1.29, 1.82) is 5.26 Å². The summed E-state index contributed by atoms with van der Waals surface area (Å²) in [7, 11) is 0. The van der Waals surface area contributed by atoms with Crippen LogP contribution in [0.4, 0.5) is 5.82 Å². The van der Waals surface area contributed by atoms with Crippen molar-refractivity contribution in [1.82, 2.24) is 4.98 Å². The van der Waals surface area contributed by atoms with Crippen LogP contribution in [0.15, 0.2) is 42.6 Å². The van der Waals surface area contributed by atoms with Gasteiger partial charge in [0.2, 0.25) is 0 Å². The van der Waals surface area contributed by atoms with Gasteiger partial charge in [0, 0.05) is 12.2 Å². The molecule has 1 N–H and O–H groups in total. The van der Waals surface area contributed by atoms with Crippen LogP contribution in [-0.4, -0.2) is 4.98 Å². The smallest absolute Gasteiger partial charge is 0.144 e. The summed E-state index contributed by atoms with van der Waals surface area (Å²) in [5.74, 6) is 0.647. The average molecular weight is 237 g/mol. The second kappa shape index (κ2) is 5.33. The molecule has 3 nitrogen and oxygen atoms in total. The van der Waals surface area contributed by atoms with Crippen molar-refractivity contribution in [2.45, 2.75) is 19.9 Å². The third kappa shape index (κ3) is 2.49. The summed E-state index contributed by atoms with van der Waals surface area (Å²) in [5, 5.41) is 12.4. The SMILES string of the molecule is Cc1ccnc(NC(C)c2ccccc2)c1C#N. The summed E-state index contributed by atoms with van der Waals surface area (Å²) < 4.78 is 0. The Kier molecular flexibility index (Phi) is 3.59. The molecule has 0 amide bonds. The molecule has 18 heavy (non-hydrogen) atoms. The highest BCUT2D eigenvalue weighted by Gasteiger charge is 2.10. The first-order chi connectivity index (χ1) is 8.72. The lowest BCUT2D eigenvalue weighted by atomic mass is 10.1. The Bertz CT molecular complexity index is 570. The number of hydrogen-bond acceptors (Lipinski definition) is 3. The second-order valence-corrected chi connectivity index (χ2v) is 4.24. The molecular weight excluding hydrogens is 222 g/mol. The van der Waals surface area contributed by atoms with Crippen LogP contribution in [0.5, 0.6) is 0 Å². The number of rotatable bonds is 3. The molecule has 1 heterocycles. The number of aryl methyl sites for hydroxylation is 1. The van der Waals surface area contributed by atoms with Crippen molar-refractivity contribution in [3.05, 3.63) is 59.3 Å². The standard InChI is InChI=1S/C15H15N3/c1-11-8-9-17-15(14(11)10-16)18-12(2)13-6-4-3-5-7-13/h3-9,12H,1-2H3,(H,17,18).